The van der Waals surface area contributed by atoms with Gasteiger partial charge in [0.2, 0.25) is 0 Å². The van der Waals surface area contributed by atoms with Gasteiger partial charge < -0.3 is 20.6 Å². The van der Waals surface area contributed by atoms with Crippen molar-refractivity contribution >= 4 is 12.0 Å². The highest BCUT2D eigenvalue weighted by atomic mass is 16.4. The van der Waals surface area contributed by atoms with Gasteiger partial charge in [0.15, 0.2) is 0 Å². The second-order valence-corrected chi connectivity index (χ2v) is 7.25. The van der Waals surface area contributed by atoms with E-state index in [1.165, 1.54) is 0 Å². The number of likely N-dealkylation sites (tertiary alicyclic amines) is 1. The highest BCUT2D eigenvalue weighted by Crippen LogP contribution is 2.22. The van der Waals surface area contributed by atoms with Gasteiger partial charge in [-0.2, -0.15) is 0 Å². The number of piperidine rings is 1. The first-order valence-corrected chi connectivity index (χ1v) is 7.63. The number of carboxylic acids is 1. The van der Waals surface area contributed by atoms with E-state index in [1.807, 2.05) is 20.8 Å². The number of amides is 2. The maximum absolute atomic E-state index is 12.0. The highest BCUT2D eigenvalue weighted by Gasteiger charge is 2.24. The highest BCUT2D eigenvalue weighted by molar-refractivity contribution is 5.76. The molecule has 0 radical (unpaired) electrons. The van der Waals surface area contributed by atoms with E-state index in [4.69, 9.17) is 5.11 Å². The van der Waals surface area contributed by atoms with Crippen LogP contribution in [-0.4, -0.2) is 54.2 Å². The van der Waals surface area contributed by atoms with E-state index in [2.05, 4.69) is 22.6 Å². The molecule has 0 aromatic carbocycles. The van der Waals surface area contributed by atoms with Crippen molar-refractivity contribution in [1.82, 2.24) is 15.5 Å². The molecule has 0 bridgehead atoms. The third kappa shape index (κ3) is 7.90. The smallest absolute Gasteiger partial charge is 0.315 e. The number of carbonyl (C=O) groups excluding carboxylic acids is 1. The average Bonchev–Trinajstić information content (AvgIpc) is 2.28. The normalized spacial score (nSPS) is 19.0. The molecule has 1 aliphatic heterocycles. The molecule has 0 spiro atoms. The Bertz CT molecular complexity index is 358. The number of hydrogen-bond acceptors (Lipinski definition) is 3. The number of carbonyl (C=O) groups is 2. The molecule has 21 heavy (non-hydrogen) atoms. The van der Waals surface area contributed by atoms with Gasteiger partial charge in [0.25, 0.3) is 0 Å². The molecular formula is C15H29N3O3. The Hall–Kier alpha value is -1.30. The maximum Gasteiger partial charge on any atom is 0.315 e. The van der Waals surface area contributed by atoms with Gasteiger partial charge in [0.1, 0.15) is 0 Å². The predicted molar refractivity (Wildman–Crippen MR) is 82.3 cm³/mol. The predicted octanol–water partition coefficient (Wildman–Crippen LogP) is 1.66. The first kappa shape index (κ1) is 17.8. The van der Waals surface area contributed by atoms with Crippen molar-refractivity contribution in [2.24, 2.45) is 5.41 Å². The van der Waals surface area contributed by atoms with Crippen LogP contribution in [0.3, 0.4) is 0 Å². The van der Waals surface area contributed by atoms with Crippen LogP contribution in [0.1, 0.15) is 46.5 Å². The molecule has 6 heteroatoms. The summed E-state index contributed by atoms with van der Waals surface area (Å²) in [5.74, 6) is -0.885. The molecule has 122 valence electrons. The summed E-state index contributed by atoms with van der Waals surface area (Å²) < 4.78 is 0. The summed E-state index contributed by atoms with van der Waals surface area (Å²) in [6.45, 7) is 8.08. The lowest BCUT2D eigenvalue weighted by molar-refractivity contribution is -0.137. The van der Waals surface area contributed by atoms with Gasteiger partial charge in [0, 0.05) is 12.1 Å². The van der Waals surface area contributed by atoms with Crippen molar-refractivity contribution < 1.29 is 14.7 Å². The van der Waals surface area contributed by atoms with Crippen molar-refractivity contribution in [3.8, 4) is 0 Å². The molecule has 1 aliphatic rings. The summed E-state index contributed by atoms with van der Waals surface area (Å²) in [6, 6.07) is -0.407. The summed E-state index contributed by atoms with van der Waals surface area (Å²) in [6.07, 6.45) is 2.47. The number of hydrogen-bond donors (Lipinski definition) is 3. The van der Waals surface area contributed by atoms with E-state index in [-0.39, 0.29) is 30.0 Å². The lowest BCUT2D eigenvalue weighted by Gasteiger charge is -2.31. The van der Waals surface area contributed by atoms with Crippen LogP contribution in [0.25, 0.3) is 0 Å². The van der Waals surface area contributed by atoms with Crippen LogP contribution in [0.4, 0.5) is 4.79 Å². The average molecular weight is 299 g/mol. The Kier molecular flexibility index (Phi) is 6.45. The summed E-state index contributed by atoms with van der Waals surface area (Å²) >= 11 is 0. The van der Waals surface area contributed by atoms with E-state index in [0.29, 0.717) is 6.42 Å². The molecule has 1 saturated heterocycles. The minimum absolute atomic E-state index is 0.0268. The van der Waals surface area contributed by atoms with Crippen LogP contribution < -0.4 is 10.6 Å². The molecule has 1 rings (SSSR count). The van der Waals surface area contributed by atoms with Gasteiger partial charge in [-0.1, -0.05) is 20.8 Å². The van der Waals surface area contributed by atoms with Gasteiger partial charge in [-0.25, -0.2) is 4.79 Å². The number of nitrogens with zero attached hydrogens (tertiary/aromatic N) is 1. The number of carboxylic acid groups (broad SMARTS) is 1. The molecule has 3 N–H and O–H groups in total. The molecule has 1 atom stereocenters. The molecule has 0 aliphatic carbocycles. The third-order valence-electron chi connectivity index (χ3n) is 3.67. The monoisotopic (exact) mass is 299 g/mol. The quantitative estimate of drug-likeness (QED) is 0.721. The molecular weight excluding hydrogens is 270 g/mol. The molecule has 0 saturated carbocycles. The summed E-state index contributed by atoms with van der Waals surface area (Å²) in [5, 5.41) is 14.7. The van der Waals surface area contributed by atoms with Crippen LogP contribution in [0.15, 0.2) is 0 Å². The lowest BCUT2D eigenvalue weighted by atomic mass is 9.87. The Morgan fingerprint density at radius 3 is 2.33 bits per heavy atom. The molecule has 0 aromatic rings. The second-order valence-electron chi connectivity index (χ2n) is 7.25. The first-order chi connectivity index (χ1) is 9.65. The van der Waals surface area contributed by atoms with Crippen molar-refractivity contribution in [1.29, 1.82) is 0 Å². The maximum atomic E-state index is 12.0. The largest absolute Gasteiger partial charge is 0.481 e. The Morgan fingerprint density at radius 2 is 1.86 bits per heavy atom. The van der Waals surface area contributed by atoms with E-state index >= 15 is 0 Å². The number of nitrogens with one attached hydrogen (secondary N) is 2. The topological polar surface area (TPSA) is 81.7 Å². The van der Waals surface area contributed by atoms with E-state index in [9.17, 15) is 9.59 Å². The SMILES string of the molecule is CN1CCC(NC(=O)NC(CC(=O)O)CC(C)(C)C)CC1. The lowest BCUT2D eigenvalue weighted by Crippen LogP contribution is -2.50. The zero-order chi connectivity index (χ0) is 16.0. The Morgan fingerprint density at radius 1 is 1.29 bits per heavy atom. The zero-order valence-corrected chi connectivity index (χ0v) is 13.6. The van der Waals surface area contributed by atoms with Gasteiger partial charge in [-0.05, 0) is 44.8 Å². The third-order valence-corrected chi connectivity index (χ3v) is 3.67. The van der Waals surface area contributed by atoms with Gasteiger partial charge in [-0.3, -0.25) is 4.79 Å². The van der Waals surface area contributed by atoms with Gasteiger partial charge >= 0.3 is 12.0 Å². The molecule has 2 amide bonds. The van der Waals surface area contributed by atoms with Crippen LogP contribution in [0.2, 0.25) is 0 Å². The Labute approximate surface area is 127 Å². The van der Waals surface area contributed by atoms with Crippen molar-refractivity contribution in [2.45, 2.75) is 58.5 Å². The fourth-order valence-electron chi connectivity index (χ4n) is 2.69. The van der Waals surface area contributed by atoms with Crippen LogP contribution in [0.5, 0.6) is 0 Å². The Balaban J connectivity index is 2.45. The van der Waals surface area contributed by atoms with Crippen molar-refractivity contribution in [3.05, 3.63) is 0 Å². The summed E-state index contributed by atoms with van der Waals surface area (Å²) in [4.78, 5) is 25.2. The minimum Gasteiger partial charge on any atom is -0.481 e. The number of rotatable bonds is 5. The van der Waals surface area contributed by atoms with E-state index in [0.717, 1.165) is 25.9 Å². The summed E-state index contributed by atoms with van der Waals surface area (Å²) in [5.41, 5.74) is -0.0268. The van der Waals surface area contributed by atoms with Crippen LogP contribution >= 0.6 is 0 Å². The second kappa shape index (κ2) is 7.64. The number of aliphatic carboxylic acids is 1. The standard InChI is InChI=1S/C15H29N3O3/c1-15(2,3)10-12(9-13(19)20)17-14(21)16-11-5-7-18(4)8-6-11/h11-12H,5-10H2,1-4H3,(H,19,20)(H2,16,17,21). The van der Waals surface area contributed by atoms with Gasteiger partial charge in [0.05, 0.1) is 6.42 Å². The first-order valence-electron chi connectivity index (χ1n) is 7.63. The molecule has 6 nitrogen and oxygen atoms in total. The van der Waals surface area contributed by atoms with Crippen LogP contribution in [-0.2, 0) is 4.79 Å². The van der Waals surface area contributed by atoms with E-state index in [1.54, 1.807) is 0 Å². The van der Waals surface area contributed by atoms with Gasteiger partial charge in [-0.15, -0.1) is 0 Å². The number of urea groups is 1. The fourth-order valence-corrected chi connectivity index (χ4v) is 2.69. The van der Waals surface area contributed by atoms with Crippen molar-refractivity contribution in [2.75, 3.05) is 20.1 Å². The molecule has 1 unspecified atom stereocenters. The fraction of sp³-hybridized carbons (Fsp3) is 0.867. The molecule has 0 aromatic heterocycles. The zero-order valence-electron chi connectivity index (χ0n) is 13.6. The molecule has 1 heterocycles. The minimum atomic E-state index is -0.885. The van der Waals surface area contributed by atoms with Crippen molar-refractivity contribution in [3.63, 3.8) is 0 Å². The van der Waals surface area contributed by atoms with E-state index < -0.39 is 5.97 Å². The van der Waals surface area contributed by atoms with Crippen LogP contribution in [0, 0.1) is 5.41 Å². The molecule has 1 fully saturated rings. The summed E-state index contributed by atoms with van der Waals surface area (Å²) in [7, 11) is 2.07.